The average Bonchev–Trinajstić information content (AvgIpc) is 2.71. The SMILES string of the molecule is CCC1(CNCCC(N)CC(C)(C)C)CCCC1. The summed E-state index contributed by atoms with van der Waals surface area (Å²) in [6.45, 7) is 11.4. The van der Waals surface area contributed by atoms with E-state index < -0.39 is 0 Å². The van der Waals surface area contributed by atoms with Gasteiger partial charge in [-0.1, -0.05) is 40.5 Å². The molecule has 0 bridgehead atoms. The molecule has 1 aliphatic rings. The smallest absolute Gasteiger partial charge is 0.00558 e. The quantitative estimate of drug-likeness (QED) is 0.680. The molecule has 1 atom stereocenters. The molecule has 3 N–H and O–H groups in total. The second-order valence-corrected chi connectivity index (χ2v) is 7.55. The van der Waals surface area contributed by atoms with Gasteiger partial charge in [-0.2, -0.15) is 0 Å². The van der Waals surface area contributed by atoms with Crippen LogP contribution in [-0.2, 0) is 0 Å². The molecule has 0 aromatic heterocycles. The second-order valence-electron chi connectivity index (χ2n) is 7.55. The van der Waals surface area contributed by atoms with Crippen LogP contribution in [0.4, 0.5) is 0 Å². The maximum absolute atomic E-state index is 6.18. The van der Waals surface area contributed by atoms with E-state index in [1.54, 1.807) is 0 Å². The van der Waals surface area contributed by atoms with Crippen molar-refractivity contribution >= 4 is 0 Å². The summed E-state index contributed by atoms with van der Waals surface area (Å²) in [7, 11) is 0. The van der Waals surface area contributed by atoms with Gasteiger partial charge in [0.15, 0.2) is 0 Å². The summed E-state index contributed by atoms with van der Waals surface area (Å²) in [6.07, 6.45) is 9.26. The van der Waals surface area contributed by atoms with Crippen molar-refractivity contribution in [2.24, 2.45) is 16.6 Å². The number of hydrogen-bond acceptors (Lipinski definition) is 2. The van der Waals surface area contributed by atoms with Crippen LogP contribution in [-0.4, -0.2) is 19.1 Å². The van der Waals surface area contributed by atoms with E-state index in [0.29, 0.717) is 16.9 Å². The Morgan fingerprint density at radius 3 is 2.33 bits per heavy atom. The lowest BCUT2D eigenvalue weighted by molar-refractivity contribution is 0.264. The maximum atomic E-state index is 6.18. The Morgan fingerprint density at radius 1 is 1.22 bits per heavy atom. The molecule has 2 heteroatoms. The summed E-state index contributed by atoms with van der Waals surface area (Å²) in [6, 6.07) is 0.346. The third-order valence-electron chi connectivity index (χ3n) is 4.48. The third kappa shape index (κ3) is 5.71. The van der Waals surface area contributed by atoms with Crippen LogP contribution < -0.4 is 11.1 Å². The molecule has 1 fully saturated rings. The first-order chi connectivity index (χ1) is 8.37. The Hall–Kier alpha value is -0.0800. The molecule has 0 aliphatic heterocycles. The molecule has 0 saturated heterocycles. The molecule has 2 nitrogen and oxygen atoms in total. The van der Waals surface area contributed by atoms with Gasteiger partial charge in [0.05, 0.1) is 0 Å². The van der Waals surface area contributed by atoms with Gasteiger partial charge in [-0.25, -0.2) is 0 Å². The molecule has 1 aliphatic carbocycles. The Morgan fingerprint density at radius 2 is 1.83 bits per heavy atom. The molecule has 1 saturated carbocycles. The number of rotatable bonds is 7. The van der Waals surface area contributed by atoms with Gasteiger partial charge in [0, 0.05) is 12.6 Å². The van der Waals surface area contributed by atoms with Gasteiger partial charge in [-0.3, -0.25) is 0 Å². The number of nitrogens with two attached hydrogens (primary N) is 1. The summed E-state index contributed by atoms with van der Waals surface area (Å²) in [5, 5.41) is 3.66. The van der Waals surface area contributed by atoms with Crippen LogP contribution in [0.3, 0.4) is 0 Å². The lowest BCUT2D eigenvalue weighted by Crippen LogP contribution is -2.35. The Labute approximate surface area is 114 Å². The minimum atomic E-state index is 0.346. The van der Waals surface area contributed by atoms with E-state index in [2.05, 4.69) is 33.0 Å². The monoisotopic (exact) mass is 254 g/mol. The third-order valence-corrected chi connectivity index (χ3v) is 4.48. The van der Waals surface area contributed by atoms with E-state index >= 15 is 0 Å². The molecule has 1 unspecified atom stereocenters. The van der Waals surface area contributed by atoms with Crippen LogP contribution >= 0.6 is 0 Å². The lowest BCUT2D eigenvalue weighted by Gasteiger charge is -2.28. The fraction of sp³-hybridized carbons (Fsp3) is 1.00. The Kier molecular flexibility index (Phi) is 6.13. The fourth-order valence-corrected chi connectivity index (χ4v) is 3.31. The summed E-state index contributed by atoms with van der Waals surface area (Å²) < 4.78 is 0. The van der Waals surface area contributed by atoms with Crippen molar-refractivity contribution < 1.29 is 0 Å². The standard InChI is InChI=1S/C16H34N2/c1-5-16(9-6-7-10-16)13-18-11-8-14(17)12-15(2,3)4/h14,18H,5-13,17H2,1-4H3. The van der Waals surface area contributed by atoms with E-state index in [1.165, 1.54) is 38.6 Å². The van der Waals surface area contributed by atoms with Crippen LogP contribution in [0.15, 0.2) is 0 Å². The fourth-order valence-electron chi connectivity index (χ4n) is 3.31. The van der Waals surface area contributed by atoms with Crippen molar-refractivity contribution in [3.05, 3.63) is 0 Å². The molecule has 1 rings (SSSR count). The molecule has 18 heavy (non-hydrogen) atoms. The highest BCUT2D eigenvalue weighted by atomic mass is 14.9. The zero-order valence-corrected chi connectivity index (χ0v) is 13.0. The first-order valence-corrected chi connectivity index (χ1v) is 7.83. The maximum Gasteiger partial charge on any atom is 0.00558 e. The van der Waals surface area contributed by atoms with Gasteiger partial charge >= 0.3 is 0 Å². The minimum Gasteiger partial charge on any atom is -0.328 e. The Bertz CT molecular complexity index is 224. The largest absolute Gasteiger partial charge is 0.328 e. The summed E-state index contributed by atoms with van der Waals surface area (Å²) in [5.41, 5.74) is 7.14. The Balaban J connectivity index is 2.14. The van der Waals surface area contributed by atoms with Gasteiger partial charge in [0.25, 0.3) is 0 Å². The van der Waals surface area contributed by atoms with Crippen LogP contribution in [0.25, 0.3) is 0 Å². The van der Waals surface area contributed by atoms with E-state index in [4.69, 9.17) is 5.73 Å². The molecular formula is C16H34N2. The van der Waals surface area contributed by atoms with Crippen molar-refractivity contribution in [1.82, 2.24) is 5.32 Å². The van der Waals surface area contributed by atoms with Gasteiger partial charge in [-0.15, -0.1) is 0 Å². The molecule has 0 spiro atoms. The van der Waals surface area contributed by atoms with E-state index in [-0.39, 0.29) is 0 Å². The van der Waals surface area contributed by atoms with E-state index in [1.807, 2.05) is 0 Å². The van der Waals surface area contributed by atoms with Crippen LogP contribution in [0.1, 0.15) is 72.6 Å². The second kappa shape index (κ2) is 6.91. The molecule has 0 aromatic rings. The van der Waals surface area contributed by atoms with Crippen molar-refractivity contribution in [2.45, 2.75) is 78.7 Å². The molecule has 0 amide bonds. The topological polar surface area (TPSA) is 38.0 Å². The summed E-state index contributed by atoms with van der Waals surface area (Å²) in [5.74, 6) is 0. The van der Waals surface area contributed by atoms with Crippen molar-refractivity contribution in [3.8, 4) is 0 Å². The zero-order valence-electron chi connectivity index (χ0n) is 13.0. The molecule has 0 radical (unpaired) electrons. The van der Waals surface area contributed by atoms with Crippen LogP contribution in [0.2, 0.25) is 0 Å². The summed E-state index contributed by atoms with van der Waals surface area (Å²) >= 11 is 0. The van der Waals surface area contributed by atoms with E-state index in [9.17, 15) is 0 Å². The normalized spacial score (nSPS) is 21.2. The first kappa shape index (κ1) is 16.0. The van der Waals surface area contributed by atoms with Crippen molar-refractivity contribution in [2.75, 3.05) is 13.1 Å². The summed E-state index contributed by atoms with van der Waals surface area (Å²) in [4.78, 5) is 0. The first-order valence-electron chi connectivity index (χ1n) is 7.83. The highest BCUT2D eigenvalue weighted by Gasteiger charge is 2.31. The molecular weight excluding hydrogens is 220 g/mol. The van der Waals surface area contributed by atoms with Gasteiger partial charge in [-0.05, 0) is 49.5 Å². The minimum absolute atomic E-state index is 0.346. The number of nitrogens with one attached hydrogen (secondary N) is 1. The highest BCUT2D eigenvalue weighted by molar-refractivity contribution is 4.85. The van der Waals surface area contributed by atoms with Crippen LogP contribution in [0.5, 0.6) is 0 Å². The lowest BCUT2D eigenvalue weighted by atomic mass is 9.83. The van der Waals surface area contributed by atoms with Crippen LogP contribution in [0, 0.1) is 10.8 Å². The van der Waals surface area contributed by atoms with Gasteiger partial charge in [0.2, 0.25) is 0 Å². The predicted molar refractivity (Wildman–Crippen MR) is 80.7 cm³/mol. The highest BCUT2D eigenvalue weighted by Crippen LogP contribution is 2.40. The van der Waals surface area contributed by atoms with Gasteiger partial charge < -0.3 is 11.1 Å². The molecule has 108 valence electrons. The average molecular weight is 254 g/mol. The van der Waals surface area contributed by atoms with Gasteiger partial charge in [0.1, 0.15) is 0 Å². The van der Waals surface area contributed by atoms with Crippen molar-refractivity contribution in [1.29, 1.82) is 0 Å². The van der Waals surface area contributed by atoms with E-state index in [0.717, 1.165) is 19.4 Å². The molecule has 0 aromatic carbocycles. The molecule has 0 heterocycles. The zero-order chi connectivity index (χ0) is 13.6. The predicted octanol–water partition coefficient (Wildman–Crippen LogP) is 3.70. The number of hydrogen-bond donors (Lipinski definition) is 2. The van der Waals surface area contributed by atoms with Crippen molar-refractivity contribution in [3.63, 3.8) is 0 Å².